The second-order valence-corrected chi connectivity index (χ2v) is 24.1. The monoisotopic (exact) mass is 688 g/mol. The van der Waals surface area contributed by atoms with Crippen LogP contribution >= 0.6 is 31.7 Å². The normalized spacial score (nSPS) is 25.3. The maximum Gasteiger partial charge on any atom is -0.00740 e. The summed E-state index contributed by atoms with van der Waals surface area (Å²) >= 11 is 0. The molecule has 7 atom stereocenters. The largest absolute Gasteiger partial charge is 0.0688 e. The maximum absolute atomic E-state index is 2.62. The van der Waals surface area contributed by atoms with Crippen LogP contribution in [0.25, 0.3) is 0 Å². The third kappa shape index (κ3) is 6.98. The van der Waals surface area contributed by atoms with Crippen molar-refractivity contribution in [2.24, 2.45) is 5.92 Å². The van der Waals surface area contributed by atoms with Gasteiger partial charge >= 0.3 is 0 Å². The van der Waals surface area contributed by atoms with Gasteiger partial charge in [0.2, 0.25) is 0 Å². The molecule has 240 valence electrons. The van der Waals surface area contributed by atoms with Gasteiger partial charge in [-0.1, -0.05) is 183 Å². The zero-order chi connectivity index (χ0) is 32.3. The predicted octanol–water partition coefficient (Wildman–Crippen LogP) is 9.16. The van der Waals surface area contributed by atoms with Gasteiger partial charge in [0.15, 0.2) is 0 Å². The van der Waals surface area contributed by atoms with Gasteiger partial charge in [-0.3, -0.25) is 0 Å². The van der Waals surface area contributed by atoms with E-state index in [-0.39, 0.29) is 15.8 Å². The Morgan fingerprint density at radius 2 is 0.936 bits per heavy atom. The zero-order valence-corrected chi connectivity index (χ0v) is 31.9. The average Bonchev–Trinajstić information content (AvgIpc) is 3.60. The molecule has 0 aromatic heterocycles. The van der Waals surface area contributed by atoms with Gasteiger partial charge in [-0.15, -0.1) is 0 Å². The van der Waals surface area contributed by atoms with E-state index in [0.717, 1.165) is 22.9 Å². The van der Waals surface area contributed by atoms with Crippen LogP contribution in [0.3, 0.4) is 0 Å². The number of hydrogen-bond acceptors (Lipinski definition) is 0. The summed E-state index contributed by atoms with van der Waals surface area (Å²) in [4.78, 5) is 0. The molecular weight excluding hydrogens is 640 g/mol. The van der Waals surface area contributed by atoms with Gasteiger partial charge in [0.25, 0.3) is 0 Å². The van der Waals surface area contributed by atoms with Crippen LogP contribution in [0.2, 0.25) is 0 Å². The van der Waals surface area contributed by atoms with E-state index in [4.69, 9.17) is 0 Å². The lowest BCUT2D eigenvalue weighted by Crippen LogP contribution is -2.33. The molecule has 47 heavy (non-hydrogen) atoms. The van der Waals surface area contributed by atoms with Crippen molar-refractivity contribution in [1.82, 2.24) is 0 Å². The number of hydrogen-bond donors (Lipinski definition) is 0. The van der Waals surface area contributed by atoms with Crippen molar-refractivity contribution in [3.05, 3.63) is 140 Å². The van der Waals surface area contributed by atoms with Gasteiger partial charge < -0.3 is 0 Å². The Kier molecular flexibility index (Phi) is 10.7. The summed E-state index contributed by atoms with van der Waals surface area (Å²) in [5, 5.41) is 11.1. The van der Waals surface area contributed by atoms with Gasteiger partial charge in [0, 0.05) is 0 Å². The summed E-state index contributed by atoms with van der Waals surface area (Å²) in [5.74, 6) is 0.731. The molecule has 2 saturated heterocycles. The Labute approximate surface area is 288 Å². The molecule has 2 aliphatic rings. The highest BCUT2D eigenvalue weighted by Crippen LogP contribution is 2.60. The number of rotatable bonds is 9. The highest BCUT2D eigenvalue weighted by atomic mass is 31.1. The smallest absolute Gasteiger partial charge is 0.00740 e. The fourth-order valence-corrected chi connectivity index (χ4v) is 21.7. The lowest BCUT2D eigenvalue weighted by Gasteiger charge is -2.32. The third-order valence-corrected chi connectivity index (χ3v) is 22.9. The topological polar surface area (TPSA) is 0 Å². The van der Waals surface area contributed by atoms with Crippen molar-refractivity contribution in [3.8, 4) is 0 Å². The Morgan fingerprint density at radius 1 is 0.489 bits per heavy atom. The fraction of sp³-hybridized carbons (Fsp3) is 0.302. The van der Waals surface area contributed by atoms with Crippen LogP contribution in [0.5, 0.6) is 0 Å². The summed E-state index contributed by atoms with van der Waals surface area (Å²) in [7, 11) is -1.48. The molecule has 0 radical (unpaired) electrons. The molecule has 5 aromatic carbocycles. The van der Waals surface area contributed by atoms with E-state index in [1.807, 2.05) is 0 Å². The molecule has 0 nitrogen and oxygen atoms in total. The molecular formula is C43H48P4. The van der Waals surface area contributed by atoms with Gasteiger partial charge in [0.1, 0.15) is 0 Å². The van der Waals surface area contributed by atoms with Crippen molar-refractivity contribution in [2.75, 3.05) is 6.16 Å². The average molecular weight is 689 g/mol. The van der Waals surface area contributed by atoms with E-state index in [0.29, 0.717) is 5.66 Å². The summed E-state index contributed by atoms with van der Waals surface area (Å²) in [5.41, 5.74) is 3.07. The molecule has 0 saturated carbocycles. The molecule has 4 heteroatoms. The molecule has 0 bridgehead atoms. The van der Waals surface area contributed by atoms with Crippen LogP contribution in [0, 0.1) is 5.92 Å². The molecule has 0 N–H and O–H groups in total. The van der Waals surface area contributed by atoms with E-state index >= 15 is 0 Å². The molecule has 2 heterocycles. The SMILES string of the molecule is C[C@@H]1CC[C@@H](C)P1c1ccccc1[P@@](CC1C[C@@H](C)P(c2ccccc2P(c2ccccc2)c2ccccc2)[C@@H]1C)c1ccccc1. The van der Waals surface area contributed by atoms with E-state index < -0.39 is 15.8 Å². The first-order valence-electron chi connectivity index (χ1n) is 17.5. The van der Waals surface area contributed by atoms with Crippen LogP contribution < -0.4 is 37.1 Å². The molecule has 2 fully saturated rings. The van der Waals surface area contributed by atoms with Crippen LogP contribution in [0.1, 0.15) is 47.0 Å². The van der Waals surface area contributed by atoms with Crippen molar-refractivity contribution in [1.29, 1.82) is 0 Å². The van der Waals surface area contributed by atoms with E-state index in [1.165, 1.54) is 36.0 Å². The second kappa shape index (κ2) is 15.2. The maximum atomic E-state index is 2.62. The zero-order valence-electron chi connectivity index (χ0n) is 28.3. The van der Waals surface area contributed by atoms with Crippen LogP contribution in [0.4, 0.5) is 0 Å². The van der Waals surface area contributed by atoms with Crippen LogP contribution in [-0.2, 0) is 0 Å². The summed E-state index contributed by atoms with van der Waals surface area (Å²) in [6.07, 6.45) is 5.42. The minimum Gasteiger partial charge on any atom is -0.0688 e. The van der Waals surface area contributed by atoms with Crippen molar-refractivity contribution >= 4 is 68.8 Å². The first-order chi connectivity index (χ1) is 23.0. The van der Waals surface area contributed by atoms with Crippen molar-refractivity contribution in [2.45, 2.75) is 69.6 Å². The lowest BCUT2D eigenvalue weighted by atomic mass is 10.0. The highest BCUT2D eigenvalue weighted by molar-refractivity contribution is 7.82. The van der Waals surface area contributed by atoms with Crippen LogP contribution in [-0.4, -0.2) is 28.8 Å². The van der Waals surface area contributed by atoms with Crippen molar-refractivity contribution in [3.63, 3.8) is 0 Å². The highest BCUT2D eigenvalue weighted by Gasteiger charge is 2.42. The molecule has 2 aliphatic heterocycles. The first kappa shape index (κ1) is 33.3. The summed E-state index contributed by atoms with van der Waals surface area (Å²) in [6.45, 7) is 10.3. The minimum absolute atomic E-state index is 0.123. The van der Waals surface area contributed by atoms with Gasteiger partial charge in [-0.25, -0.2) is 0 Å². The lowest BCUT2D eigenvalue weighted by molar-refractivity contribution is 0.570. The van der Waals surface area contributed by atoms with E-state index in [1.54, 1.807) is 26.5 Å². The van der Waals surface area contributed by atoms with E-state index in [9.17, 15) is 0 Å². The second-order valence-electron chi connectivity index (χ2n) is 13.6. The quantitative estimate of drug-likeness (QED) is 0.136. The molecule has 0 spiro atoms. The Morgan fingerprint density at radius 3 is 1.49 bits per heavy atom. The standard InChI is InChI=1S/C43H48P4/c1-32-28-29-33(2)45(32)41-25-15-14-24-40(41)44(37-18-8-5-9-19-37)31-36-30-34(3)46(35(36)4)42-26-16-17-27-43(42)47(38-20-10-6-11-21-38)39-22-12-7-13-23-39/h5-27,32-36H,28-31H2,1-4H3/t32-,33-,34-,35-,36?,44+,46?/m1/s1. The van der Waals surface area contributed by atoms with E-state index in [2.05, 4.69) is 167 Å². The summed E-state index contributed by atoms with van der Waals surface area (Å²) in [6, 6.07) is 53.5. The Hall–Kier alpha value is -2.18. The Balaban J connectivity index is 1.25. The minimum atomic E-state index is -0.620. The third-order valence-electron chi connectivity index (χ3n) is 10.6. The molecule has 0 aliphatic carbocycles. The molecule has 5 aromatic rings. The molecule has 7 rings (SSSR count). The molecule has 0 amide bonds. The van der Waals surface area contributed by atoms with Crippen molar-refractivity contribution < 1.29 is 0 Å². The summed E-state index contributed by atoms with van der Waals surface area (Å²) < 4.78 is 0. The Bertz CT molecular complexity index is 1690. The van der Waals surface area contributed by atoms with Gasteiger partial charge in [-0.05, 0) is 107 Å². The van der Waals surface area contributed by atoms with Gasteiger partial charge in [0.05, 0.1) is 0 Å². The predicted molar refractivity (Wildman–Crippen MR) is 217 cm³/mol. The fourth-order valence-electron chi connectivity index (χ4n) is 8.28. The first-order valence-corrected chi connectivity index (χ1v) is 23.3. The van der Waals surface area contributed by atoms with Crippen LogP contribution in [0.15, 0.2) is 140 Å². The number of benzene rings is 5. The molecule has 2 unspecified atom stereocenters. The van der Waals surface area contributed by atoms with Gasteiger partial charge in [-0.2, -0.15) is 0 Å².